The number of alkyl halides is 6. The van der Waals surface area contributed by atoms with Gasteiger partial charge in [0.2, 0.25) is 10.0 Å². The van der Waals surface area contributed by atoms with Gasteiger partial charge in [-0.3, -0.25) is 14.6 Å². The number of nitrogens with zero attached hydrogens (tertiary/aromatic N) is 3. The molecule has 2 saturated heterocycles. The predicted molar refractivity (Wildman–Crippen MR) is 148 cm³/mol. The summed E-state index contributed by atoms with van der Waals surface area (Å²) in [6.07, 6.45) is -8.77. The topological polar surface area (TPSA) is 99.2 Å². The largest absolute Gasteiger partial charge is 0.416 e. The van der Waals surface area contributed by atoms with Gasteiger partial charge >= 0.3 is 12.4 Å². The van der Waals surface area contributed by atoms with Crippen LogP contribution in [0, 0.1) is 6.92 Å². The van der Waals surface area contributed by atoms with E-state index in [4.69, 9.17) is 0 Å². The molecule has 3 aliphatic heterocycles. The van der Waals surface area contributed by atoms with Crippen molar-refractivity contribution in [2.75, 3.05) is 25.4 Å². The van der Waals surface area contributed by atoms with E-state index in [0.717, 1.165) is 17.0 Å². The Morgan fingerprint density at radius 3 is 2.39 bits per heavy atom. The smallest absolute Gasteiger partial charge is 0.327 e. The first-order chi connectivity index (χ1) is 20.5. The van der Waals surface area contributed by atoms with Crippen LogP contribution in [0.3, 0.4) is 0 Å². The van der Waals surface area contributed by atoms with Gasteiger partial charge in [0.15, 0.2) is 0 Å². The van der Waals surface area contributed by atoms with Crippen molar-refractivity contribution in [3.63, 3.8) is 0 Å². The number of benzene rings is 2. The molecule has 2 aromatic rings. The van der Waals surface area contributed by atoms with E-state index in [-0.39, 0.29) is 74.5 Å². The SMILES string of the molecule is Cc1cc(C(=O)N2CCC[C@H]2C(F)(F)F)ccc1CCS(=O)(=O)N1CCC2(CC1)N=C(c1cccc(C(F)(F)F)c1)NC2=O. The number of likely N-dealkylation sites (tertiary alicyclic amines) is 1. The lowest BCUT2D eigenvalue weighted by atomic mass is 9.89. The molecule has 0 aromatic heterocycles. The van der Waals surface area contributed by atoms with Crippen LogP contribution in [0.1, 0.15) is 58.3 Å². The minimum Gasteiger partial charge on any atom is -0.327 e. The lowest BCUT2D eigenvalue weighted by molar-refractivity contribution is -0.169. The number of carbonyl (C=O) groups excluding carboxylic acids is 2. The van der Waals surface area contributed by atoms with Gasteiger partial charge in [0.05, 0.1) is 11.3 Å². The van der Waals surface area contributed by atoms with E-state index in [9.17, 15) is 44.3 Å². The van der Waals surface area contributed by atoms with Crippen molar-refractivity contribution in [3.05, 3.63) is 70.3 Å². The van der Waals surface area contributed by atoms with E-state index >= 15 is 0 Å². The van der Waals surface area contributed by atoms with E-state index in [1.165, 1.54) is 28.6 Å². The monoisotopic (exact) mass is 644 g/mol. The molecule has 3 aliphatic rings. The van der Waals surface area contributed by atoms with Crippen molar-refractivity contribution in [2.45, 2.75) is 63.0 Å². The first-order valence-electron chi connectivity index (χ1n) is 14.0. The van der Waals surface area contributed by atoms with Crippen LogP contribution >= 0.6 is 0 Å². The molecule has 0 saturated carbocycles. The molecule has 0 radical (unpaired) electrons. The highest BCUT2D eigenvalue weighted by molar-refractivity contribution is 7.89. The molecule has 2 fully saturated rings. The summed E-state index contributed by atoms with van der Waals surface area (Å²) in [6, 6.07) is 7.04. The molecule has 1 spiro atoms. The zero-order chi connectivity index (χ0) is 32.1. The average Bonchev–Trinajstić information content (AvgIpc) is 3.58. The summed E-state index contributed by atoms with van der Waals surface area (Å²) in [5.41, 5.74) is -0.764. The zero-order valence-corrected chi connectivity index (χ0v) is 24.4. The van der Waals surface area contributed by atoms with Gasteiger partial charge in [-0.15, -0.1) is 0 Å². The Hall–Kier alpha value is -3.46. The number of halogens is 6. The molecule has 1 N–H and O–H groups in total. The molecule has 8 nitrogen and oxygen atoms in total. The van der Waals surface area contributed by atoms with Gasteiger partial charge in [0.1, 0.15) is 17.4 Å². The maximum absolute atomic E-state index is 13.3. The van der Waals surface area contributed by atoms with E-state index in [1.807, 2.05) is 0 Å². The third-order valence-electron chi connectivity index (χ3n) is 8.50. The van der Waals surface area contributed by atoms with Crippen LogP contribution in [-0.4, -0.2) is 78.4 Å². The molecule has 5 rings (SSSR count). The lowest BCUT2D eigenvalue weighted by Crippen LogP contribution is -2.50. The quantitative estimate of drug-likeness (QED) is 0.470. The van der Waals surface area contributed by atoms with Gasteiger partial charge in [-0.1, -0.05) is 18.2 Å². The maximum Gasteiger partial charge on any atom is 0.416 e. The molecule has 3 heterocycles. The Labute approximate surface area is 250 Å². The first kappa shape index (κ1) is 31.9. The Morgan fingerprint density at radius 2 is 1.75 bits per heavy atom. The molecular formula is C29H30F6N4O4S. The second kappa shape index (κ2) is 11.5. The number of sulfonamides is 1. The minimum absolute atomic E-state index is 0.00784. The highest BCUT2D eigenvalue weighted by Gasteiger charge is 2.49. The highest BCUT2D eigenvalue weighted by atomic mass is 32.2. The fourth-order valence-electron chi connectivity index (χ4n) is 5.96. The van der Waals surface area contributed by atoms with Crippen molar-refractivity contribution >= 4 is 27.7 Å². The molecule has 0 aliphatic carbocycles. The number of amides is 2. The summed E-state index contributed by atoms with van der Waals surface area (Å²) in [7, 11) is -3.78. The fraction of sp³-hybridized carbons (Fsp3) is 0.483. The first-order valence-corrected chi connectivity index (χ1v) is 15.7. The highest BCUT2D eigenvalue weighted by Crippen LogP contribution is 2.35. The van der Waals surface area contributed by atoms with Gasteiger partial charge in [-0.2, -0.15) is 26.3 Å². The second-order valence-electron chi connectivity index (χ2n) is 11.3. The summed E-state index contributed by atoms with van der Waals surface area (Å²) in [4.78, 5) is 30.9. The van der Waals surface area contributed by atoms with Crippen LogP contribution in [0.2, 0.25) is 0 Å². The van der Waals surface area contributed by atoms with Crippen LogP contribution in [0.4, 0.5) is 26.3 Å². The molecule has 44 heavy (non-hydrogen) atoms. The molecule has 2 aromatic carbocycles. The van der Waals surface area contributed by atoms with Gasteiger partial charge in [0.25, 0.3) is 11.8 Å². The third-order valence-corrected chi connectivity index (χ3v) is 10.4. The molecule has 0 bridgehead atoms. The summed E-state index contributed by atoms with van der Waals surface area (Å²) in [5, 5.41) is 2.55. The van der Waals surface area contributed by atoms with Crippen molar-refractivity contribution in [3.8, 4) is 0 Å². The number of aliphatic imine (C=N–C) groups is 1. The van der Waals surface area contributed by atoms with Gasteiger partial charge in [-0.25, -0.2) is 12.7 Å². The fourth-order valence-corrected chi connectivity index (χ4v) is 7.44. The number of hydrogen-bond donors (Lipinski definition) is 1. The summed E-state index contributed by atoms with van der Waals surface area (Å²) >= 11 is 0. The predicted octanol–water partition coefficient (Wildman–Crippen LogP) is 4.46. The van der Waals surface area contributed by atoms with Crippen molar-refractivity contribution in [1.82, 2.24) is 14.5 Å². The molecule has 1 atom stereocenters. The number of nitrogens with one attached hydrogen (secondary N) is 1. The lowest BCUT2D eigenvalue weighted by Gasteiger charge is -2.34. The molecule has 2 amide bonds. The molecule has 238 valence electrons. The van der Waals surface area contributed by atoms with Gasteiger partial charge in [0, 0.05) is 30.8 Å². The molecular weight excluding hydrogens is 614 g/mol. The summed E-state index contributed by atoms with van der Waals surface area (Å²) in [6.45, 7) is 1.64. The zero-order valence-electron chi connectivity index (χ0n) is 23.6. The number of hydrogen-bond acceptors (Lipinski definition) is 5. The van der Waals surface area contributed by atoms with Crippen LogP contribution in [-0.2, 0) is 27.4 Å². The third kappa shape index (κ3) is 6.34. The number of piperidine rings is 1. The minimum atomic E-state index is -4.57. The van der Waals surface area contributed by atoms with Gasteiger partial charge < -0.3 is 10.2 Å². The summed E-state index contributed by atoms with van der Waals surface area (Å²) < 4.78 is 107. The average molecular weight is 645 g/mol. The Morgan fingerprint density at radius 1 is 1.05 bits per heavy atom. The number of aryl methyl sites for hydroxylation is 2. The Balaban J connectivity index is 1.21. The van der Waals surface area contributed by atoms with Gasteiger partial charge in [-0.05, 0) is 74.4 Å². The van der Waals surface area contributed by atoms with Crippen molar-refractivity contribution in [2.24, 2.45) is 4.99 Å². The second-order valence-corrected chi connectivity index (χ2v) is 13.4. The Bertz CT molecular complexity index is 1600. The van der Waals surface area contributed by atoms with Crippen molar-refractivity contribution in [1.29, 1.82) is 0 Å². The van der Waals surface area contributed by atoms with Crippen LogP contribution in [0.5, 0.6) is 0 Å². The summed E-state index contributed by atoms with van der Waals surface area (Å²) in [5.74, 6) is -1.48. The van der Waals surface area contributed by atoms with Crippen LogP contribution < -0.4 is 5.32 Å². The molecule has 15 heteroatoms. The van der Waals surface area contributed by atoms with Crippen molar-refractivity contribution < 1.29 is 44.3 Å². The van der Waals surface area contributed by atoms with E-state index < -0.39 is 51.3 Å². The van der Waals surface area contributed by atoms with Crippen LogP contribution in [0.15, 0.2) is 47.5 Å². The van der Waals surface area contributed by atoms with E-state index in [1.54, 1.807) is 13.0 Å². The normalized spacial score (nSPS) is 21.1. The van der Waals surface area contributed by atoms with E-state index in [0.29, 0.717) is 11.1 Å². The maximum atomic E-state index is 13.3. The molecule has 0 unspecified atom stereocenters. The number of rotatable bonds is 6. The standard InChI is InChI=1S/C29H30F6N4O4S/c1-18-16-21(25(40)39-12-3-6-23(39)29(33,34)35)8-7-19(18)9-15-44(42,43)38-13-10-27(11-14-38)26(41)36-24(37-27)20-4-2-5-22(17-20)28(30,31)32/h2,4-5,7-8,16-17,23H,3,6,9-15H2,1H3,(H,36,37,41)/t23-/m0/s1. The van der Waals surface area contributed by atoms with E-state index in [2.05, 4.69) is 10.3 Å². The number of amidine groups is 1. The van der Waals surface area contributed by atoms with Crippen LogP contribution in [0.25, 0.3) is 0 Å². The number of carbonyl (C=O) groups is 2. The Kier molecular flexibility index (Phi) is 8.33.